The molecule has 13 heavy (non-hydrogen) atoms. The predicted octanol–water partition coefficient (Wildman–Crippen LogP) is 1.82. The molecule has 1 heterocycles. The summed E-state index contributed by atoms with van der Waals surface area (Å²) in [5.41, 5.74) is 0. The van der Waals surface area contributed by atoms with Crippen LogP contribution >= 0.6 is 0 Å². The zero-order valence-electron chi connectivity index (χ0n) is 8.51. The highest BCUT2D eigenvalue weighted by molar-refractivity contribution is 5.69. The molecule has 0 saturated carbocycles. The molecule has 1 saturated heterocycles. The molecule has 2 unspecified atom stereocenters. The van der Waals surface area contributed by atoms with E-state index in [0.717, 1.165) is 25.7 Å². The Hall–Kier alpha value is -0.570. The molecule has 1 fully saturated rings. The van der Waals surface area contributed by atoms with Gasteiger partial charge in [0.25, 0.3) is 0 Å². The fourth-order valence-corrected chi connectivity index (χ4v) is 1.67. The smallest absolute Gasteiger partial charge is 0.307 e. The van der Waals surface area contributed by atoms with Crippen molar-refractivity contribution < 1.29 is 9.53 Å². The molecule has 1 aliphatic heterocycles. The van der Waals surface area contributed by atoms with Crippen LogP contribution in [0, 0.1) is 0 Å². The van der Waals surface area contributed by atoms with Crippen LogP contribution in [0.5, 0.6) is 0 Å². The number of esters is 1. The van der Waals surface area contributed by atoms with Crippen molar-refractivity contribution in [2.24, 2.45) is 0 Å². The van der Waals surface area contributed by atoms with Gasteiger partial charge in [-0.2, -0.15) is 0 Å². The monoisotopic (exact) mass is 185 g/mol. The average Bonchev–Trinajstić information content (AvgIpc) is 2.29. The molecule has 0 aromatic heterocycles. The second kappa shape index (κ2) is 5.22. The first kappa shape index (κ1) is 10.5. The number of rotatable bonds is 3. The maximum Gasteiger partial charge on any atom is 0.307 e. The largest absolute Gasteiger partial charge is 0.447 e. The summed E-state index contributed by atoms with van der Waals surface area (Å²) < 4.78 is 5.19. The summed E-state index contributed by atoms with van der Waals surface area (Å²) in [6, 6.07) is 0.460. The lowest BCUT2D eigenvalue weighted by molar-refractivity contribution is -0.149. The number of carbonyl (C=O) groups excluding carboxylic acids is 1. The Morgan fingerprint density at radius 3 is 2.92 bits per heavy atom. The van der Waals surface area contributed by atoms with Crippen molar-refractivity contribution in [1.29, 1.82) is 0 Å². The normalized spacial score (nSPS) is 29.5. The van der Waals surface area contributed by atoms with Crippen molar-refractivity contribution in [2.45, 2.75) is 58.2 Å². The topological polar surface area (TPSA) is 38.3 Å². The zero-order valence-corrected chi connectivity index (χ0v) is 8.51. The third-order valence-corrected chi connectivity index (χ3v) is 2.40. The molecule has 0 radical (unpaired) electrons. The lowest BCUT2D eigenvalue weighted by Gasteiger charge is -2.19. The average molecular weight is 185 g/mol. The van der Waals surface area contributed by atoms with E-state index in [0.29, 0.717) is 12.5 Å². The summed E-state index contributed by atoms with van der Waals surface area (Å²) in [6.45, 7) is 4.19. The van der Waals surface area contributed by atoms with E-state index in [1.165, 1.54) is 0 Å². The number of ether oxygens (including phenoxy) is 1. The van der Waals surface area contributed by atoms with E-state index < -0.39 is 0 Å². The van der Waals surface area contributed by atoms with Crippen LogP contribution in [0.2, 0.25) is 0 Å². The zero-order chi connectivity index (χ0) is 9.68. The Morgan fingerprint density at radius 2 is 2.31 bits per heavy atom. The predicted molar refractivity (Wildman–Crippen MR) is 51.2 cm³/mol. The highest BCUT2D eigenvalue weighted by Gasteiger charge is 2.22. The summed E-state index contributed by atoms with van der Waals surface area (Å²) in [4.78, 5) is 11.1. The van der Waals surface area contributed by atoms with Crippen molar-refractivity contribution in [2.75, 3.05) is 0 Å². The van der Waals surface area contributed by atoms with Gasteiger partial charge in [0.2, 0.25) is 0 Å². The summed E-state index contributed by atoms with van der Waals surface area (Å²) in [5.74, 6) is -0.0575. The third-order valence-electron chi connectivity index (χ3n) is 2.40. The van der Waals surface area contributed by atoms with Gasteiger partial charge in [-0.15, -0.1) is 0 Å². The fourth-order valence-electron chi connectivity index (χ4n) is 1.67. The minimum atomic E-state index is -0.0634. The number of cyclic esters (lactones) is 1. The van der Waals surface area contributed by atoms with Crippen molar-refractivity contribution in [3.05, 3.63) is 0 Å². The van der Waals surface area contributed by atoms with Gasteiger partial charge < -0.3 is 4.74 Å². The molecule has 3 nitrogen and oxygen atoms in total. The minimum absolute atomic E-state index is 0.0575. The van der Waals surface area contributed by atoms with Crippen molar-refractivity contribution in [3.8, 4) is 0 Å². The lowest BCUT2D eigenvalue weighted by atomic mass is 10.1. The molecule has 76 valence electrons. The SMILES string of the molecule is CCCC1CCC(=O)OC(CC)N1. The van der Waals surface area contributed by atoms with E-state index in [1.807, 2.05) is 6.92 Å². The second-order valence-corrected chi connectivity index (χ2v) is 3.58. The van der Waals surface area contributed by atoms with Crippen LogP contribution in [0.3, 0.4) is 0 Å². The van der Waals surface area contributed by atoms with Gasteiger partial charge in [0.15, 0.2) is 6.23 Å². The quantitative estimate of drug-likeness (QED) is 0.681. The summed E-state index contributed by atoms with van der Waals surface area (Å²) in [6.07, 6.45) is 4.56. The van der Waals surface area contributed by atoms with E-state index in [4.69, 9.17) is 4.74 Å². The van der Waals surface area contributed by atoms with E-state index in [2.05, 4.69) is 12.2 Å². The highest BCUT2D eigenvalue weighted by Crippen LogP contribution is 2.13. The highest BCUT2D eigenvalue weighted by atomic mass is 16.6. The van der Waals surface area contributed by atoms with E-state index >= 15 is 0 Å². The Kier molecular flexibility index (Phi) is 4.22. The van der Waals surface area contributed by atoms with Gasteiger partial charge in [-0.1, -0.05) is 20.3 Å². The Balaban J connectivity index is 2.45. The van der Waals surface area contributed by atoms with Gasteiger partial charge >= 0.3 is 5.97 Å². The second-order valence-electron chi connectivity index (χ2n) is 3.58. The van der Waals surface area contributed by atoms with Crippen LogP contribution in [0.25, 0.3) is 0 Å². The molecule has 1 rings (SSSR count). The Bertz CT molecular complexity index is 170. The van der Waals surface area contributed by atoms with Gasteiger partial charge in [0, 0.05) is 12.5 Å². The maximum atomic E-state index is 11.1. The minimum Gasteiger partial charge on any atom is -0.447 e. The molecule has 1 aliphatic rings. The van der Waals surface area contributed by atoms with E-state index in [9.17, 15) is 4.79 Å². The summed E-state index contributed by atoms with van der Waals surface area (Å²) in [5, 5.41) is 3.35. The van der Waals surface area contributed by atoms with Gasteiger partial charge in [-0.3, -0.25) is 10.1 Å². The third kappa shape index (κ3) is 3.35. The molecule has 0 spiro atoms. The maximum absolute atomic E-state index is 11.1. The molecule has 2 atom stereocenters. The van der Waals surface area contributed by atoms with Gasteiger partial charge in [0.05, 0.1) is 0 Å². The van der Waals surface area contributed by atoms with Gasteiger partial charge in [0.1, 0.15) is 0 Å². The first-order valence-corrected chi connectivity index (χ1v) is 5.21. The summed E-state index contributed by atoms with van der Waals surface area (Å²) >= 11 is 0. The van der Waals surface area contributed by atoms with Crippen molar-refractivity contribution in [1.82, 2.24) is 5.32 Å². The molecule has 1 N–H and O–H groups in total. The number of carbonyl (C=O) groups is 1. The molecule has 0 amide bonds. The molecule has 0 aromatic rings. The van der Waals surface area contributed by atoms with Crippen molar-refractivity contribution >= 4 is 5.97 Å². The number of hydrogen-bond donors (Lipinski definition) is 1. The van der Waals surface area contributed by atoms with Crippen LogP contribution < -0.4 is 5.32 Å². The Labute approximate surface area is 79.8 Å². The number of nitrogens with one attached hydrogen (secondary N) is 1. The van der Waals surface area contributed by atoms with E-state index in [-0.39, 0.29) is 12.2 Å². The van der Waals surface area contributed by atoms with Crippen LogP contribution in [0.15, 0.2) is 0 Å². The fraction of sp³-hybridized carbons (Fsp3) is 0.900. The number of hydrogen-bond acceptors (Lipinski definition) is 3. The Morgan fingerprint density at radius 1 is 1.54 bits per heavy atom. The summed E-state index contributed by atoms with van der Waals surface area (Å²) in [7, 11) is 0. The van der Waals surface area contributed by atoms with Crippen LogP contribution in [0.1, 0.15) is 46.0 Å². The first-order chi connectivity index (χ1) is 6.26. The molecule has 0 bridgehead atoms. The molecule has 3 heteroatoms. The first-order valence-electron chi connectivity index (χ1n) is 5.21. The molecule has 0 aliphatic carbocycles. The van der Waals surface area contributed by atoms with Gasteiger partial charge in [-0.05, 0) is 19.3 Å². The molecular formula is C10H19NO2. The molecule has 0 aromatic carbocycles. The standard InChI is InChI=1S/C10H19NO2/c1-3-5-8-6-7-10(12)13-9(4-2)11-8/h8-9,11H,3-7H2,1-2H3. The van der Waals surface area contributed by atoms with Crippen LogP contribution in [-0.2, 0) is 9.53 Å². The van der Waals surface area contributed by atoms with E-state index in [1.54, 1.807) is 0 Å². The van der Waals surface area contributed by atoms with Crippen LogP contribution in [0.4, 0.5) is 0 Å². The molecular weight excluding hydrogens is 166 g/mol. The lowest BCUT2D eigenvalue weighted by Crippen LogP contribution is -2.37. The van der Waals surface area contributed by atoms with Crippen LogP contribution in [-0.4, -0.2) is 18.2 Å². The van der Waals surface area contributed by atoms with Crippen molar-refractivity contribution in [3.63, 3.8) is 0 Å². The van der Waals surface area contributed by atoms with Gasteiger partial charge in [-0.25, -0.2) is 0 Å².